The van der Waals surface area contributed by atoms with Gasteiger partial charge in [-0.05, 0) is 17.7 Å². The number of amides is 1. The number of aromatic nitrogens is 1. The molecule has 0 bridgehead atoms. The molecular formula is C17H18N3O. The number of anilines is 1. The fourth-order valence-electron chi connectivity index (χ4n) is 2.52. The average Bonchev–Trinajstić information content (AvgIpc) is 2.57. The molecule has 4 heteroatoms. The van der Waals surface area contributed by atoms with E-state index in [9.17, 15) is 4.79 Å². The molecule has 1 aromatic heterocycles. The summed E-state index contributed by atoms with van der Waals surface area (Å²) < 4.78 is 0. The van der Waals surface area contributed by atoms with Gasteiger partial charge >= 0.3 is 0 Å². The molecule has 3 rings (SSSR count). The van der Waals surface area contributed by atoms with Gasteiger partial charge in [-0.2, -0.15) is 0 Å². The van der Waals surface area contributed by atoms with Gasteiger partial charge in [-0.15, -0.1) is 0 Å². The first kappa shape index (κ1) is 13.6. The number of piperazine rings is 1. The number of hydrogen-bond acceptors (Lipinski definition) is 3. The Bertz CT molecular complexity index is 577. The van der Waals surface area contributed by atoms with E-state index in [4.69, 9.17) is 0 Å². The van der Waals surface area contributed by atoms with Crippen LogP contribution in [0.1, 0.15) is 5.56 Å². The third-order valence-electron chi connectivity index (χ3n) is 3.71. The van der Waals surface area contributed by atoms with Crippen LogP contribution in [0.2, 0.25) is 0 Å². The van der Waals surface area contributed by atoms with Gasteiger partial charge in [0.25, 0.3) is 0 Å². The minimum Gasteiger partial charge on any atom is -0.368 e. The standard InChI is InChI=1S/C17H18N3O/c21-17(14-15-4-2-1-3-5-15)20-12-10-19(11-13-20)16-6-8-18-9-7-16/h1-9,14H,10-13H2. The van der Waals surface area contributed by atoms with Crippen LogP contribution in [-0.4, -0.2) is 42.0 Å². The summed E-state index contributed by atoms with van der Waals surface area (Å²) in [7, 11) is 0. The maximum atomic E-state index is 12.3. The maximum absolute atomic E-state index is 12.3. The average molecular weight is 280 g/mol. The summed E-state index contributed by atoms with van der Waals surface area (Å²) in [6.07, 6.45) is 5.31. The summed E-state index contributed by atoms with van der Waals surface area (Å²) >= 11 is 0. The second kappa shape index (κ2) is 6.39. The molecule has 0 atom stereocenters. The van der Waals surface area contributed by atoms with Gasteiger partial charge in [-0.25, -0.2) is 0 Å². The van der Waals surface area contributed by atoms with Crippen LogP contribution in [0.4, 0.5) is 5.69 Å². The highest BCUT2D eigenvalue weighted by molar-refractivity contribution is 5.88. The van der Waals surface area contributed by atoms with E-state index in [1.165, 1.54) is 5.69 Å². The first-order valence-electron chi connectivity index (χ1n) is 7.16. The molecule has 1 radical (unpaired) electrons. The highest BCUT2D eigenvalue weighted by Crippen LogP contribution is 2.15. The minimum absolute atomic E-state index is 0.0931. The normalized spacial score (nSPS) is 15.0. The predicted octanol–water partition coefficient (Wildman–Crippen LogP) is 1.98. The number of carbonyl (C=O) groups excluding carboxylic acids is 1. The second-order valence-corrected chi connectivity index (χ2v) is 5.07. The first-order chi connectivity index (χ1) is 10.3. The van der Waals surface area contributed by atoms with Crippen molar-refractivity contribution < 1.29 is 4.79 Å². The zero-order chi connectivity index (χ0) is 14.5. The van der Waals surface area contributed by atoms with E-state index in [0.717, 1.165) is 31.7 Å². The van der Waals surface area contributed by atoms with Crippen LogP contribution < -0.4 is 4.90 Å². The van der Waals surface area contributed by atoms with E-state index >= 15 is 0 Å². The summed E-state index contributed by atoms with van der Waals surface area (Å²) in [6, 6.07) is 13.8. The topological polar surface area (TPSA) is 36.4 Å². The number of carbonyl (C=O) groups is 1. The van der Waals surface area contributed by atoms with Crippen LogP contribution in [-0.2, 0) is 4.79 Å². The summed E-state index contributed by atoms with van der Waals surface area (Å²) in [6.45, 7) is 3.23. The molecule has 1 saturated heterocycles. The van der Waals surface area contributed by atoms with E-state index in [1.54, 1.807) is 18.8 Å². The molecule has 0 saturated carbocycles. The molecule has 0 unspecified atom stereocenters. The van der Waals surface area contributed by atoms with Gasteiger partial charge in [-0.1, -0.05) is 30.3 Å². The lowest BCUT2D eigenvalue weighted by Crippen LogP contribution is -2.48. The van der Waals surface area contributed by atoms with Gasteiger partial charge in [-0.3, -0.25) is 9.78 Å². The van der Waals surface area contributed by atoms with Crippen LogP contribution in [0.5, 0.6) is 0 Å². The lowest BCUT2D eigenvalue weighted by atomic mass is 10.1. The van der Waals surface area contributed by atoms with Crippen molar-refractivity contribution in [2.45, 2.75) is 0 Å². The lowest BCUT2D eigenvalue weighted by molar-refractivity contribution is -0.127. The maximum Gasteiger partial charge on any atom is 0.231 e. The van der Waals surface area contributed by atoms with Gasteiger partial charge in [0.05, 0.1) is 6.42 Å². The van der Waals surface area contributed by atoms with Crippen molar-refractivity contribution in [1.82, 2.24) is 9.88 Å². The largest absolute Gasteiger partial charge is 0.368 e. The third kappa shape index (κ3) is 3.40. The summed E-state index contributed by atoms with van der Waals surface area (Å²) in [5.41, 5.74) is 2.13. The van der Waals surface area contributed by atoms with E-state index in [2.05, 4.69) is 9.88 Å². The zero-order valence-electron chi connectivity index (χ0n) is 11.9. The van der Waals surface area contributed by atoms with Gasteiger partial charge in [0, 0.05) is 44.3 Å². The van der Waals surface area contributed by atoms with Crippen LogP contribution in [0.15, 0.2) is 54.9 Å². The Morgan fingerprint density at radius 3 is 2.29 bits per heavy atom. The molecular weight excluding hydrogens is 262 g/mol. The molecule has 2 heterocycles. The molecule has 1 aromatic carbocycles. The van der Waals surface area contributed by atoms with Crippen molar-refractivity contribution in [3.05, 3.63) is 66.8 Å². The van der Waals surface area contributed by atoms with E-state index in [0.29, 0.717) is 0 Å². The van der Waals surface area contributed by atoms with Gasteiger partial charge in [0.1, 0.15) is 0 Å². The van der Waals surface area contributed by atoms with Crippen LogP contribution >= 0.6 is 0 Å². The minimum atomic E-state index is 0.0931. The third-order valence-corrected chi connectivity index (χ3v) is 3.71. The van der Waals surface area contributed by atoms with Crippen LogP contribution in [0.3, 0.4) is 0 Å². The molecule has 1 aliphatic rings. The number of nitrogens with zero attached hydrogens (tertiary/aromatic N) is 3. The second-order valence-electron chi connectivity index (χ2n) is 5.07. The molecule has 1 aliphatic heterocycles. The molecule has 4 nitrogen and oxygen atoms in total. The Balaban J connectivity index is 1.55. The Morgan fingerprint density at radius 1 is 0.952 bits per heavy atom. The van der Waals surface area contributed by atoms with Crippen molar-refractivity contribution in [3.8, 4) is 0 Å². The van der Waals surface area contributed by atoms with Crippen molar-refractivity contribution in [3.63, 3.8) is 0 Å². The van der Waals surface area contributed by atoms with E-state index in [-0.39, 0.29) is 5.91 Å². The predicted molar refractivity (Wildman–Crippen MR) is 82.9 cm³/mol. The Hall–Kier alpha value is -2.36. The number of pyridine rings is 1. The molecule has 1 amide bonds. The first-order valence-corrected chi connectivity index (χ1v) is 7.16. The van der Waals surface area contributed by atoms with Crippen LogP contribution in [0, 0.1) is 6.42 Å². The Kier molecular flexibility index (Phi) is 4.15. The number of hydrogen-bond donors (Lipinski definition) is 0. The zero-order valence-corrected chi connectivity index (χ0v) is 11.9. The Morgan fingerprint density at radius 2 is 1.62 bits per heavy atom. The number of rotatable bonds is 3. The molecule has 0 spiro atoms. The van der Waals surface area contributed by atoms with E-state index in [1.807, 2.05) is 47.4 Å². The number of benzene rings is 1. The van der Waals surface area contributed by atoms with E-state index < -0.39 is 0 Å². The fourth-order valence-corrected chi connectivity index (χ4v) is 2.52. The van der Waals surface area contributed by atoms with Crippen molar-refractivity contribution in [2.75, 3.05) is 31.1 Å². The summed E-state index contributed by atoms with van der Waals surface area (Å²) in [5.74, 6) is 0.0931. The van der Waals surface area contributed by atoms with Gasteiger partial charge in [0.15, 0.2) is 0 Å². The molecule has 21 heavy (non-hydrogen) atoms. The Labute approximate surface area is 125 Å². The quantitative estimate of drug-likeness (QED) is 0.862. The van der Waals surface area contributed by atoms with Gasteiger partial charge in [0.2, 0.25) is 5.91 Å². The van der Waals surface area contributed by atoms with Gasteiger partial charge < -0.3 is 9.80 Å². The highest BCUT2D eigenvalue weighted by atomic mass is 16.2. The lowest BCUT2D eigenvalue weighted by Gasteiger charge is -2.36. The smallest absolute Gasteiger partial charge is 0.231 e. The van der Waals surface area contributed by atoms with Crippen molar-refractivity contribution >= 4 is 11.6 Å². The van der Waals surface area contributed by atoms with Crippen molar-refractivity contribution in [1.29, 1.82) is 0 Å². The molecule has 2 aromatic rings. The highest BCUT2D eigenvalue weighted by Gasteiger charge is 2.21. The molecule has 0 N–H and O–H groups in total. The SMILES string of the molecule is O=C([CH]c1ccccc1)N1CCN(c2ccncc2)CC1. The summed E-state index contributed by atoms with van der Waals surface area (Å²) in [5, 5.41) is 0. The van der Waals surface area contributed by atoms with Crippen molar-refractivity contribution in [2.24, 2.45) is 0 Å². The molecule has 1 fully saturated rings. The van der Waals surface area contributed by atoms with Crippen LogP contribution in [0.25, 0.3) is 0 Å². The monoisotopic (exact) mass is 280 g/mol. The summed E-state index contributed by atoms with van der Waals surface area (Å²) in [4.78, 5) is 20.5. The molecule has 107 valence electrons. The molecule has 0 aliphatic carbocycles. The fraction of sp³-hybridized carbons (Fsp3) is 0.235.